The molecule has 1 aromatic rings. The van der Waals surface area contributed by atoms with E-state index in [0.29, 0.717) is 23.5 Å². The Morgan fingerprint density at radius 3 is 2.57 bits per heavy atom. The number of carbonyl (C=O) groups excluding carboxylic acids is 1. The number of hydrogen-bond acceptors (Lipinski definition) is 3. The van der Waals surface area contributed by atoms with Crippen molar-refractivity contribution in [2.75, 3.05) is 0 Å². The van der Waals surface area contributed by atoms with E-state index in [4.69, 9.17) is 9.15 Å². The molecule has 23 heavy (non-hydrogen) atoms. The van der Waals surface area contributed by atoms with Gasteiger partial charge in [-0.25, -0.2) is 4.39 Å². The number of alkyl halides is 4. The Bertz CT molecular complexity index is 630. The summed E-state index contributed by atoms with van der Waals surface area (Å²) in [5.41, 5.74) is -4.84. The maximum atomic E-state index is 14.2. The van der Waals surface area contributed by atoms with Gasteiger partial charge < -0.3 is 9.15 Å². The van der Waals surface area contributed by atoms with E-state index in [-0.39, 0.29) is 6.61 Å². The summed E-state index contributed by atoms with van der Waals surface area (Å²) < 4.78 is 62.9. The Morgan fingerprint density at radius 2 is 2.09 bits per heavy atom. The van der Waals surface area contributed by atoms with Crippen LogP contribution in [0.15, 0.2) is 23.1 Å². The van der Waals surface area contributed by atoms with Crippen LogP contribution in [0, 0.1) is 18.3 Å². The van der Waals surface area contributed by atoms with E-state index >= 15 is 0 Å². The van der Waals surface area contributed by atoms with E-state index in [1.54, 1.807) is 19.1 Å². The highest BCUT2D eigenvalue weighted by Crippen LogP contribution is 2.71. The first-order valence-electron chi connectivity index (χ1n) is 7.08. The Balaban J connectivity index is 2.05. The first-order chi connectivity index (χ1) is 10.5. The summed E-state index contributed by atoms with van der Waals surface area (Å²) in [5.74, 6) is -1.95. The monoisotopic (exact) mass is 334 g/mol. The minimum absolute atomic E-state index is 0.258. The number of rotatable bonds is 5. The average Bonchev–Trinajstić information content (AvgIpc) is 2.71. The molecule has 7 heteroatoms. The molecular formula is C16H18F4O3. The van der Waals surface area contributed by atoms with Gasteiger partial charge in [0.25, 0.3) is 0 Å². The van der Waals surface area contributed by atoms with Crippen molar-refractivity contribution in [3.8, 4) is 0 Å². The third-order valence-electron chi connectivity index (χ3n) is 4.41. The van der Waals surface area contributed by atoms with Gasteiger partial charge in [0.2, 0.25) is 5.67 Å². The fourth-order valence-electron chi connectivity index (χ4n) is 2.90. The number of hydrogen-bond donors (Lipinski definition) is 0. The molecule has 0 N–H and O–H groups in total. The molecule has 0 aromatic carbocycles. The normalized spacial score (nSPS) is 26.0. The summed E-state index contributed by atoms with van der Waals surface area (Å²) in [7, 11) is 0. The molecule has 128 valence electrons. The Hall–Kier alpha value is -1.79. The topological polar surface area (TPSA) is 39.4 Å². The second-order valence-corrected chi connectivity index (χ2v) is 6.26. The summed E-state index contributed by atoms with van der Waals surface area (Å²) in [6.07, 6.45) is -3.00. The lowest BCUT2D eigenvalue weighted by atomic mass is 10.1. The molecule has 1 aliphatic carbocycles. The van der Waals surface area contributed by atoms with Crippen LogP contribution in [0.25, 0.3) is 0 Å². The van der Waals surface area contributed by atoms with Gasteiger partial charge in [-0.2, -0.15) is 13.2 Å². The third kappa shape index (κ3) is 2.66. The smallest absolute Gasteiger partial charge is 0.423 e. The van der Waals surface area contributed by atoms with Crippen LogP contribution in [0.1, 0.15) is 30.9 Å². The predicted molar refractivity (Wildman–Crippen MR) is 74.3 cm³/mol. The predicted octanol–water partition coefficient (Wildman–Crippen LogP) is 4.29. The van der Waals surface area contributed by atoms with Gasteiger partial charge in [-0.1, -0.05) is 19.9 Å². The van der Waals surface area contributed by atoms with Gasteiger partial charge in [0, 0.05) is 17.4 Å². The maximum absolute atomic E-state index is 14.2. The van der Waals surface area contributed by atoms with Crippen molar-refractivity contribution in [1.29, 1.82) is 0 Å². The number of esters is 1. The van der Waals surface area contributed by atoms with E-state index < -0.39 is 29.1 Å². The molecule has 0 radical (unpaired) electrons. The van der Waals surface area contributed by atoms with Gasteiger partial charge in [-0.15, -0.1) is 6.58 Å². The van der Waals surface area contributed by atoms with Crippen molar-refractivity contribution in [2.45, 2.75) is 45.6 Å². The van der Waals surface area contributed by atoms with Crippen LogP contribution in [-0.4, -0.2) is 17.8 Å². The molecule has 3 nitrogen and oxygen atoms in total. The summed E-state index contributed by atoms with van der Waals surface area (Å²) in [5, 5.41) is 0. The molecule has 1 aromatic heterocycles. The van der Waals surface area contributed by atoms with Crippen molar-refractivity contribution in [3.05, 3.63) is 35.8 Å². The van der Waals surface area contributed by atoms with Crippen LogP contribution in [-0.2, 0) is 22.6 Å². The minimum Gasteiger partial charge on any atom is -0.466 e. The van der Waals surface area contributed by atoms with Crippen LogP contribution < -0.4 is 0 Å². The van der Waals surface area contributed by atoms with E-state index in [1.165, 1.54) is 0 Å². The highest BCUT2D eigenvalue weighted by Gasteiger charge is 2.88. The molecule has 0 bridgehead atoms. The zero-order chi connectivity index (χ0) is 17.6. The van der Waals surface area contributed by atoms with Crippen LogP contribution in [0.2, 0.25) is 0 Å². The zero-order valence-electron chi connectivity index (χ0n) is 13.1. The lowest BCUT2D eigenvalue weighted by molar-refractivity contribution is -0.208. The van der Waals surface area contributed by atoms with Crippen molar-refractivity contribution in [2.24, 2.45) is 11.3 Å². The van der Waals surface area contributed by atoms with E-state index in [1.807, 2.05) is 0 Å². The first-order valence-corrected chi connectivity index (χ1v) is 7.08. The van der Waals surface area contributed by atoms with E-state index in [0.717, 1.165) is 13.8 Å². The molecule has 0 amide bonds. The lowest BCUT2D eigenvalue weighted by Crippen LogP contribution is -2.33. The Kier molecular flexibility index (Phi) is 4.11. The van der Waals surface area contributed by atoms with Crippen LogP contribution in [0.5, 0.6) is 0 Å². The largest absolute Gasteiger partial charge is 0.466 e. The standard InChI is InChI=1S/C16H18F4O3/c1-5-6-11-7-10(9(2)23-11)8-22-13(21)12-14(3,4)15(12,17)16(18,19)20/h5,7,12H,1,6,8H2,2-4H3. The summed E-state index contributed by atoms with van der Waals surface area (Å²) in [6.45, 7) is 7.08. The molecule has 0 spiro atoms. The van der Waals surface area contributed by atoms with E-state index in [9.17, 15) is 22.4 Å². The molecule has 0 aliphatic heterocycles. The van der Waals surface area contributed by atoms with Crippen molar-refractivity contribution in [3.63, 3.8) is 0 Å². The number of furan rings is 1. The van der Waals surface area contributed by atoms with Crippen LogP contribution >= 0.6 is 0 Å². The number of allylic oxidation sites excluding steroid dienone is 1. The molecule has 2 atom stereocenters. The highest BCUT2D eigenvalue weighted by molar-refractivity contribution is 5.80. The van der Waals surface area contributed by atoms with Gasteiger partial charge in [-0.05, 0) is 13.0 Å². The molecule has 1 aliphatic rings. The number of aryl methyl sites for hydroxylation is 1. The number of carbonyl (C=O) groups is 1. The summed E-state index contributed by atoms with van der Waals surface area (Å²) in [6, 6.07) is 1.63. The second kappa shape index (κ2) is 5.39. The molecule has 2 rings (SSSR count). The van der Waals surface area contributed by atoms with Gasteiger partial charge in [0.1, 0.15) is 24.0 Å². The molecule has 1 fully saturated rings. The van der Waals surface area contributed by atoms with Crippen molar-refractivity contribution >= 4 is 5.97 Å². The average molecular weight is 334 g/mol. The number of halogens is 4. The molecule has 1 saturated carbocycles. The second-order valence-electron chi connectivity index (χ2n) is 6.26. The van der Waals surface area contributed by atoms with Crippen LogP contribution in [0.4, 0.5) is 17.6 Å². The van der Waals surface area contributed by atoms with Crippen molar-refractivity contribution < 1.29 is 31.5 Å². The fraction of sp³-hybridized carbons (Fsp3) is 0.562. The Labute approximate surface area is 131 Å². The molecular weight excluding hydrogens is 316 g/mol. The fourth-order valence-corrected chi connectivity index (χ4v) is 2.90. The minimum atomic E-state index is -5.11. The third-order valence-corrected chi connectivity index (χ3v) is 4.41. The summed E-state index contributed by atoms with van der Waals surface area (Å²) in [4.78, 5) is 11.9. The zero-order valence-corrected chi connectivity index (χ0v) is 13.1. The van der Waals surface area contributed by atoms with Gasteiger partial charge in [-0.3, -0.25) is 4.79 Å². The van der Waals surface area contributed by atoms with Crippen molar-refractivity contribution in [1.82, 2.24) is 0 Å². The van der Waals surface area contributed by atoms with Gasteiger partial charge in [0.05, 0.1) is 0 Å². The molecule has 0 saturated heterocycles. The maximum Gasteiger partial charge on any atom is 0.423 e. The summed E-state index contributed by atoms with van der Waals surface area (Å²) >= 11 is 0. The molecule has 2 unspecified atom stereocenters. The quantitative estimate of drug-likeness (QED) is 0.458. The highest BCUT2D eigenvalue weighted by atomic mass is 19.4. The van der Waals surface area contributed by atoms with E-state index in [2.05, 4.69) is 6.58 Å². The molecule has 1 heterocycles. The first kappa shape index (κ1) is 17.6. The Morgan fingerprint density at radius 1 is 1.48 bits per heavy atom. The SMILES string of the molecule is C=CCc1cc(COC(=O)C2C(C)(C)C2(F)C(F)(F)F)c(C)o1. The van der Waals surface area contributed by atoms with Crippen LogP contribution in [0.3, 0.4) is 0 Å². The number of ether oxygens (including phenoxy) is 1. The van der Waals surface area contributed by atoms with Gasteiger partial charge >= 0.3 is 12.1 Å². The van der Waals surface area contributed by atoms with Gasteiger partial charge in [0.15, 0.2) is 0 Å². The lowest BCUT2D eigenvalue weighted by Gasteiger charge is -2.14.